The van der Waals surface area contributed by atoms with E-state index in [1.807, 2.05) is 0 Å². The van der Waals surface area contributed by atoms with Gasteiger partial charge in [-0.15, -0.1) is 0 Å². The third-order valence-electron chi connectivity index (χ3n) is 2.78. The van der Waals surface area contributed by atoms with Gasteiger partial charge in [0.15, 0.2) is 6.29 Å². The Bertz CT molecular complexity index is 104. The van der Waals surface area contributed by atoms with Gasteiger partial charge < -0.3 is 9.47 Å². The van der Waals surface area contributed by atoms with Crippen molar-refractivity contribution in [2.24, 2.45) is 5.92 Å². The van der Waals surface area contributed by atoms with Crippen molar-refractivity contribution >= 4 is 0 Å². The second-order valence-corrected chi connectivity index (χ2v) is 3.64. The van der Waals surface area contributed by atoms with Crippen LogP contribution in [0.3, 0.4) is 0 Å². The molecular formula is C10H20O2. The van der Waals surface area contributed by atoms with Crippen LogP contribution >= 0.6 is 0 Å². The van der Waals surface area contributed by atoms with Gasteiger partial charge in [0.2, 0.25) is 0 Å². The van der Waals surface area contributed by atoms with Crippen LogP contribution in [0.2, 0.25) is 0 Å². The molecule has 0 N–H and O–H groups in total. The van der Waals surface area contributed by atoms with Crippen molar-refractivity contribution in [3.05, 3.63) is 0 Å². The van der Waals surface area contributed by atoms with Crippen molar-refractivity contribution < 1.29 is 9.47 Å². The summed E-state index contributed by atoms with van der Waals surface area (Å²) in [5.41, 5.74) is 0. The number of hydrogen-bond donors (Lipinski definition) is 0. The molecule has 1 fully saturated rings. The Balaban J connectivity index is 2.18. The van der Waals surface area contributed by atoms with Gasteiger partial charge in [0.05, 0.1) is 0 Å². The molecule has 1 saturated carbocycles. The fraction of sp³-hybridized carbons (Fsp3) is 1.00. The molecule has 0 amide bonds. The van der Waals surface area contributed by atoms with E-state index in [2.05, 4.69) is 0 Å². The minimum absolute atomic E-state index is 0.0214. The van der Waals surface area contributed by atoms with Crippen LogP contribution in [0.5, 0.6) is 0 Å². The van der Waals surface area contributed by atoms with Gasteiger partial charge in [-0.2, -0.15) is 0 Å². The lowest BCUT2D eigenvalue weighted by molar-refractivity contribution is -0.115. The highest BCUT2D eigenvalue weighted by Crippen LogP contribution is 2.27. The Labute approximate surface area is 75.2 Å². The van der Waals surface area contributed by atoms with Gasteiger partial charge in [-0.25, -0.2) is 0 Å². The van der Waals surface area contributed by atoms with E-state index >= 15 is 0 Å². The zero-order chi connectivity index (χ0) is 8.81. The molecule has 0 saturated heterocycles. The molecule has 0 atom stereocenters. The molecule has 1 rings (SSSR count). The first-order valence-corrected chi connectivity index (χ1v) is 4.92. The smallest absolute Gasteiger partial charge is 0.157 e. The summed E-state index contributed by atoms with van der Waals surface area (Å²) in [6.45, 7) is 0. The van der Waals surface area contributed by atoms with Crippen LogP contribution in [0.15, 0.2) is 0 Å². The lowest BCUT2D eigenvalue weighted by Gasteiger charge is -2.24. The quantitative estimate of drug-likeness (QED) is 0.607. The molecule has 0 radical (unpaired) electrons. The van der Waals surface area contributed by atoms with Gasteiger partial charge >= 0.3 is 0 Å². The fourth-order valence-corrected chi connectivity index (χ4v) is 1.98. The molecule has 0 spiro atoms. The highest BCUT2D eigenvalue weighted by Gasteiger charge is 2.17. The first-order chi connectivity index (χ1) is 5.86. The van der Waals surface area contributed by atoms with Crippen LogP contribution in [0.1, 0.15) is 38.5 Å². The third kappa shape index (κ3) is 3.11. The second-order valence-electron chi connectivity index (χ2n) is 3.64. The van der Waals surface area contributed by atoms with Crippen LogP contribution < -0.4 is 0 Å². The lowest BCUT2D eigenvalue weighted by atomic mass is 9.87. The molecule has 0 aromatic heterocycles. The van der Waals surface area contributed by atoms with E-state index < -0.39 is 0 Å². The van der Waals surface area contributed by atoms with Crippen molar-refractivity contribution in [1.82, 2.24) is 0 Å². The summed E-state index contributed by atoms with van der Waals surface area (Å²) in [4.78, 5) is 0. The summed E-state index contributed by atoms with van der Waals surface area (Å²) < 4.78 is 10.4. The third-order valence-corrected chi connectivity index (χ3v) is 2.78. The Kier molecular flexibility index (Phi) is 4.62. The Morgan fingerprint density at radius 2 is 1.67 bits per heavy atom. The molecule has 0 aromatic carbocycles. The van der Waals surface area contributed by atoms with E-state index in [-0.39, 0.29) is 6.29 Å². The van der Waals surface area contributed by atoms with Crippen molar-refractivity contribution in [2.45, 2.75) is 44.8 Å². The normalized spacial score (nSPS) is 20.2. The molecule has 1 aliphatic rings. The summed E-state index contributed by atoms with van der Waals surface area (Å²) in [6.07, 6.45) is 8.03. The van der Waals surface area contributed by atoms with Crippen LogP contribution in [0.25, 0.3) is 0 Å². The first kappa shape index (κ1) is 10.0. The molecule has 12 heavy (non-hydrogen) atoms. The Morgan fingerprint density at radius 3 is 2.17 bits per heavy atom. The topological polar surface area (TPSA) is 18.5 Å². The van der Waals surface area contributed by atoms with Crippen LogP contribution in [-0.4, -0.2) is 20.5 Å². The van der Waals surface area contributed by atoms with Crippen molar-refractivity contribution in [3.63, 3.8) is 0 Å². The van der Waals surface area contributed by atoms with E-state index in [9.17, 15) is 0 Å². The molecule has 0 bridgehead atoms. The second kappa shape index (κ2) is 5.55. The molecule has 0 heterocycles. The molecule has 0 unspecified atom stereocenters. The predicted molar refractivity (Wildman–Crippen MR) is 49.0 cm³/mol. The standard InChI is InChI=1S/C10H20O2/c1-11-10(12-2)8-9-6-4-3-5-7-9/h9-10H,3-8H2,1-2H3. The Morgan fingerprint density at radius 1 is 1.08 bits per heavy atom. The molecule has 2 heteroatoms. The van der Waals surface area contributed by atoms with Crippen molar-refractivity contribution in [2.75, 3.05) is 14.2 Å². The van der Waals surface area contributed by atoms with Gasteiger partial charge in [0, 0.05) is 20.6 Å². The summed E-state index contributed by atoms with van der Waals surface area (Å²) in [6, 6.07) is 0. The lowest BCUT2D eigenvalue weighted by Crippen LogP contribution is -2.19. The maximum absolute atomic E-state index is 5.18. The molecular weight excluding hydrogens is 152 g/mol. The summed E-state index contributed by atoms with van der Waals surface area (Å²) in [5, 5.41) is 0. The highest BCUT2D eigenvalue weighted by atomic mass is 16.7. The number of ether oxygens (including phenoxy) is 2. The number of methoxy groups -OCH3 is 2. The van der Waals surface area contributed by atoms with Gasteiger partial charge in [-0.05, 0) is 5.92 Å². The molecule has 1 aliphatic carbocycles. The van der Waals surface area contributed by atoms with Gasteiger partial charge in [0.25, 0.3) is 0 Å². The Hall–Kier alpha value is -0.0800. The van der Waals surface area contributed by atoms with Gasteiger partial charge in [-0.1, -0.05) is 32.1 Å². The summed E-state index contributed by atoms with van der Waals surface area (Å²) in [7, 11) is 3.44. The van der Waals surface area contributed by atoms with Crippen molar-refractivity contribution in [1.29, 1.82) is 0 Å². The SMILES string of the molecule is COC(CC1CCCCC1)OC. The van der Waals surface area contributed by atoms with Crippen LogP contribution in [-0.2, 0) is 9.47 Å². The minimum atomic E-state index is 0.0214. The maximum Gasteiger partial charge on any atom is 0.157 e. The molecule has 2 nitrogen and oxygen atoms in total. The summed E-state index contributed by atoms with van der Waals surface area (Å²) in [5.74, 6) is 0.837. The van der Waals surface area contributed by atoms with Gasteiger partial charge in [0.1, 0.15) is 0 Å². The van der Waals surface area contributed by atoms with E-state index in [0.29, 0.717) is 0 Å². The van der Waals surface area contributed by atoms with E-state index in [1.54, 1.807) is 14.2 Å². The van der Waals surface area contributed by atoms with E-state index in [1.165, 1.54) is 32.1 Å². The predicted octanol–water partition coefficient (Wildman–Crippen LogP) is 2.58. The average molecular weight is 172 g/mol. The number of hydrogen-bond acceptors (Lipinski definition) is 2. The largest absolute Gasteiger partial charge is 0.356 e. The molecule has 0 aromatic rings. The highest BCUT2D eigenvalue weighted by molar-refractivity contribution is 4.66. The van der Waals surface area contributed by atoms with Crippen LogP contribution in [0, 0.1) is 5.92 Å². The summed E-state index contributed by atoms with van der Waals surface area (Å²) >= 11 is 0. The molecule has 72 valence electrons. The monoisotopic (exact) mass is 172 g/mol. The van der Waals surface area contributed by atoms with Crippen LogP contribution in [0.4, 0.5) is 0 Å². The number of rotatable bonds is 4. The first-order valence-electron chi connectivity index (χ1n) is 4.92. The zero-order valence-corrected chi connectivity index (χ0v) is 8.21. The average Bonchev–Trinajstić information content (AvgIpc) is 2.16. The maximum atomic E-state index is 5.18. The van der Waals surface area contributed by atoms with E-state index in [0.717, 1.165) is 12.3 Å². The fourth-order valence-electron chi connectivity index (χ4n) is 1.98. The van der Waals surface area contributed by atoms with Crippen molar-refractivity contribution in [3.8, 4) is 0 Å². The minimum Gasteiger partial charge on any atom is -0.356 e. The van der Waals surface area contributed by atoms with Gasteiger partial charge in [-0.3, -0.25) is 0 Å². The zero-order valence-electron chi connectivity index (χ0n) is 8.21. The molecule has 0 aliphatic heterocycles. The van der Waals surface area contributed by atoms with E-state index in [4.69, 9.17) is 9.47 Å².